The second-order valence-corrected chi connectivity index (χ2v) is 2.66. The number of halogens is 4. The van der Waals surface area contributed by atoms with Crippen molar-refractivity contribution in [1.82, 2.24) is 0 Å². The number of alkyl halides is 3. The third kappa shape index (κ3) is 4.07. The number of nitrogens with two attached hydrogens (primary N) is 2. The van der Waals surface area contributed by atoms with E-state index >= 15 is 0 Å². The average Bonchev–Trinajstić information content (AvgIpc) is 2.01. The number of hydrogen-bond acceptors (Lipinski definition) is 0. The van der Waals surface area contributed by atoms with Crippen LogP contribution in [0.15, 0.2) is 24.3 Å². The van der Waals surface area contributed by atoms with Crippen LogP contribution in [0.3, 0.4) is 0 Å². The Morgan fingerprint density at radius 3 is 2.27 bits per heavy atom. The molecule has 0 spiro atoms. The quantitative estimate of drug-likeness (QED) is 0.355. The molecule has 1 aromatic carbocycles. The minimum absolute atomic E-state index is 0. The van der Waals surface area contributed by atoms with Crippen LogP contribution in [0, 0.1) is 0 Å². The Hall–Kier alpha value is -1.43. The van der Waals surface area contributed by atoms with Gasteiger partial charge in [0.15, 0.2) is 0 Å². The van der Waals surface area contributed by atoms with E-state index in [1.165, 1.54) is 12.1 Å². The molecule has 7 heteroatoms. The lowest BCUT2D eigenvalue weighted by atomic mass is 10.2. The van der Waals surface area contributed by atoms with Crippen LogP contribution < -0.4 is 28.9 Å². The number of rotatable bonds is 1. The molecule has 3 nitrogen and oxygen atoms in total. The molecular weight excluding hydrogens is 231 g/mol. The Bertz CT molecular complexity index is 358. The average molecular weight is 240 g/mol. The van der Waals surface area contributed by atoms with E-state index in [0.29, 0.717) is 0 Å². The van der Waals surface area contributed by atoms with E-state index < -0.39 is 11.7 Å². The number of nitrogens with one attached hydrogen (secondary N) is 1. The van der Waals surface area contributed by atoms with Gasteiger partial charge in [0.1, 0.15) is 0 Å². The van der Waals surface area contributed by atoms with Crippen LogP contribution >= 0.6 is 0 Å². The van der Waals surface area contributed by atoms with Crippen molar-refractivity contribution in [1.29, 1.82) is 0 Å². The smallest absolute Gasteiger partial charge is 0.416 e. The number of hydrogen-bond donors (Lipinski definition) is 3. The van der Waals surface area contributed by atoms with Gasteiger partial charge in [0.2, 0.25) is 0 Å². The minimum atomic E-state index is -4.36. The van der Waals surface area contributed by atoms with Gasteiger partial charge in [0.05, 0.1) is 11.3 Å². The van der Waals surface area contributed by atoms with Crippen molar-refractivity contribution >= 4 is 11.6 Å². The van der Waals surface area contributed by atoms with Gasteiger partial charge in [-0.2, -0.15) is 13.2 Å². The molecule has 15 heavy (non-hydrogen) atoms. The standard InChI is InChI=1S/C8H8F3N3.ClH/c9-8(10,11)5-2-1-3-6(4-5)14-7(12)13;/h1-4H,(H4,12,13,14);1H. The van der Waals surface area contributed by atoms with Crippen LogP contribution in [0.4, 0.5) is 18.9 Å². The molecule has 0 radical (unpaired) electrons. The molecule has 0 aliphatic carbocycles. The maximum atomic E-state index is 12.2. The summed E-state index contributed by atoms with van der Waals surface area (Å²) in [5.41, 5.74) is 9.63. The molecule has 0 fully saturated rings. The maximum Gasteiger partial charge on any atom is 0.416 e. The molecular formula is C8H9ClF3N3. The van der Waals surface area contributed by atoms with Crippen LogP contribution in [-0.4, -0.2) is 5.96 Å². The highest BCUT2D eigenvalue weighted by Crippen LogP contribution is 2.29. The molecule has 0 bridgehead atoms. The first-order valence-electron chi connectivity index (χ1n) is 3.72. The van der Waals surface area contributed by atoms with Crippen LogP contribution in [-0.2, 0) is 6.18 Å². The number of benzene rings is 1. The van der Waals surface area contributed by atoms with Gasteiger partial charge in [-0.25, -0.2) is 4.99 Å². The SMILES string of the molecule is NC(N)=[NH+]c1cccc(C(F)(F)F)c1.[Cl-]. The topological polar surface area (TPSA) is 66.0 Å². The van der Waals surface area contributed by atoms with E-state index in [2.05, 4.69) is 4.99 Å². The van der Waals surface area contributed by atoms with E-state index in [1.807, 2.05) is 0 Å². The zero-order valence-corrected chi connectivity index (χ0v) is 8.23. The summed E-state index contributed by atoms with van der Waals surface area (Å²) in [6.45, 7) is 0. The molecule has 0 aliphatic heterocycles. The highest BCUT2D eigenvalue weighted by molar-refractivity contribution is 5.70. The van der Waals surface area contributed by atoms with Crippen molar-refractivity contribution in [2.75, 3.05) is 0 Å². The van der Waals surface area contributed by atoms with Crippen LogP contribution in [0.25, 0.3) is 0 Å². The Balaban J connectivity index is 0.00000196. The molecule has 5 N–H and O–H groups in total. The normalized spacial score (nSPS) is 10.3. The maximum absolute atomic E-state index is 12.2. The summed E-state index contributed by atoms with van der Waals surface area (Å²) < 4.78 is 36.6. The Morgan fingerprint density at radius 2 is 1.80 bits per heavy atom. The van der Waals surface area contributed by atoms with Gasteiger partial charge in [0.25, 0.3) is 0 Å². The van der Waals surface area contributed by atoms with Crippen LogP contribution in [0.5, 0.6) is 0 Å². The third-order valence-corrected chi connectivity index (χ3v) is 1.48. The zero-order valence-electron chi connectivity index (χ0n) is 7.48. The molecule has 0 atom stereocenters. The molecule has 0 saturated heterocycles. The molecule has 0 aliphatic rings. The van der Waals surface area contributed by atoms with E-state index in [9.17, 15) is 13.2 Å². The first kappa shape index (κ1) is 13.6. The predicted molar refractivity (Wildman–Crippen MR) is 45.4 cm³/mol. The first-order valence-corrected chi connectivity index (χ1v) is 3.72. The molecule has 1 aromatic rings. The summed E-state index contributed by atoms with van der Waals surface area (Å²) in [4.78, 5) is 2.39. The van der Waals surface area contributed by atoms with E-state index in [1.54, 1.807) is 0 Å². The fraction of sp³-hybridized carbons (Fsp3) is 0.125. The summed E-state index contributed by atoms with van der Waals surface area (Å²) >= 11 is 0. The largest absolute Gasteiger partial charge is 1.00 e. The Morgan fingerprint density at radius 1 is 1.20 bits per heavy atom. The highest BCUT2D eigenvalue weighted by Gasteiger charge is 2.30. The van der Waals surface area contributed by atoms with Gasteiger partial charge in [-0.05, 0) is 18.2 Å². The lowest BCUT2D eigenvalue weighted by Gasteiger charge is -2.05. The van der Waals surface area contributed by atoms with Gasteiger partial charge >= 0.3 is 12.1 Å². The molecule has 0 amide bonds. The molecule has 0 aromatic heterocycles. The fourth-order valence-electron chi connectivity index (χ4n) is 0.940. The van der Waals surface area contributed by atoms with Gasteiger partial charge in [-0.15, -0.1) is 0 Å². The Kier molecular flexibility index (Phi) is 4.41. The summed E-state index contributed by atoms with van der Waals surface area (Å²) in [5, 5.41) is 0. The van der Waals surface area contributed by atoms with Crippen molar-refractivity contribution in [3.05, 3.63) is 29.8 Å². The van der Waals surface area contributed by atoms with Gasteiger partial charge in [0, 0.05) is 0 Å². The molecule has 0 saturated carbocycles. The first-order chi connectivity index (χ1) is 6.39. The second kappa shape index (κ2) is 4.88. The Labute approximate surface area is 90.4 Å². The third-order valence-electron chi connectivity index (χ3n) is 1.48. The van der Waals surface area contributed by atoms with Crippen LogP contribution in [0.2, 0.25) is 0 Å². The monoisotopic (exact) mass is 239 g/mol. The molecule has 84 valence electrons. The van der Waals surface area contributed by atoms with Gasteiger partial charge < -0.3 is 12.4 Å². The van der Waals surface area contributed by atoms with Gasteiger partial charge in [-0.1, -0.05) is 6.07 Å². The molecule has 0 unspecified atom stereocenters. The number of guanidine groups is 1. The highest BCUT2D eigenvalue weighted by atomic mass is 35.5. The van der Waals surface area contributed by atoms with E-state index in [4.69, 9.17) is 11.5 Å². The van der Waals surface area contributed by atoms with Crippen molar-refractivity contribution in [3.63, 3.8) is 0 Å². The second-order valence-electron chi connectivity index (χ2n) is 2.66. The lowest BCUT2D eigenvalue weighted by Crippen LogP contribution is -3.00. The predicted octanol–water partition coefficient (Wildman–Crippen LogP) is -3.31. The summed E-state index contributed by atoms with van der Waals surface area (Å²) in [5.74, 6) is -0.149. The van der Waals surface area contributed by atoms with Crippen molar-refractivity contribution in [3.8, 4) is 0 Å². The van der Waals surface area contributed by atoms with Gasteiger partial charge in [-0.3, -0.25) is 11.5 Å². The van der Waals surface area contributed by atoms with Crippen molar-refractivity contribution < 1.29 is 30.6 Å². The van der Waals surface area contributed by atoms with E-state index in [-0.39, 0.29) is 24.1 Å². The zero-order chi connectivity index (χ0) is 10.8. The van der Waals surface area contributed by atoms with Crippen LogP contribution in [0.1, 0.15) is 5.56 Å². The van der Waals surface area contributed by atoms with Crippen molar-refractivity contribution in [2.24, 2.45) is 11.5 Å². The molecule has 1 rings (SSSR count). The summed E-state index contributed by atoms with van der Waals surface area (Å²) in [6, 6.07) is 4.61. The minimum Gasteiger partial charge on any atom is -1.00 e. The summed E-state index contributed by atoms with van der Waals surface area (Å²) in [6.07, 6.45) is -4.36. The van der Waals surface area contributed by atoms with Crippen molar-refractivity contribution in [2.45, 2.75) is 6.18 Å². The molecule has 0 heterocycles. The van der Waals surface area contributed by atoms with E-state index in [0.717, 1.165) is 12.1 Å². The fourth-order valence-corrected chi connectivity index (χ4v) is 0.940. The lowest BCUT2D eigenvalue weighted by molar-refractivity contribution is -0.356. The summed E-state index contributed by atoms with van der Waals surface area (Å²) in [7, 11) is 0.